The zero-order valence-electron chi connectivity index (χ0n) is 16.9. The average Bonchev–Trinajstić information content (AvgIpc) is 3.07. The van der Waals surface area contributed by atoms with Crippen LogP contribution in [0.3, 0.4) is 0 Å². The quantitative estimate of drug-likeness (QED) is 0.515. The minimum atomic E-state index is -0.208. The van der Waals surface area contributed by atoms with Crippen LogP contribution in [0.1, 0.15) is 12.1 Å². The molecule has 6 nitrogen and oxygen atoms in total. The topological polar surface area (TPSA) is 63.0 Å². The van der Waals surface area contributed by atoms with Gasteiger partial charge in [-0.15, -0.1) is 0 Å². The number of nitrogens with zero attached hydrogens (tertiary/aromatic N) is 3. The molecule has 0 aliphatic rings. The van der Waals surface area contributed by atoms with Gasteiger partial charge in [-0.25, -0.2) is 4.68 Å². The van der Waals surface area contributed by atoms with Gasteiger partial charge in [0.05, 0.1) is 21.6 Å². The lowest BCUT2D eigenvalue weighted by atomic mass is 10.1. The predicted octanol–water partition coefficient (Wildman–Crippen LogP) is 3.74. The van der Waals surface area contributed by atoms with Crippen LogP contribution in [0.15, 0.2) is 70.3 Å². The van der Waals surface area contributed by atoms with Crippen LogP contribution >= 0.6 is 11.6 Å². The number of aromatic amines is 1. The average molecular weight is 423 g/mol. The Hall–Kier alpha value is -3.25. The first-order valence-corrected chi connectivity index (χ1v) is 10.2. The minimum absolute atomic E-state index is 0.151. The van der Waals surface area contributed by atoms with Crippen LogP contribution in [0.4, 0.5) is 5.69 Å². The molecule has 0 amide bonds. The number of hydrogen-bond donors (Lipinski definition) is 1. The fourth-order valence-corrected chi connectivity index (χ4v) is 3.97. The van der Waals surface area contributed by atoms with E-state index < -0.39 is 0 Å². The molecule has 2 aromatic heterocycles. The molecule has 154 valence electrons. The van der Waals surface area contributed by atoms with Crippen molar-refractivity contribution in [3.63, 3.8) is 0 Å². The van der Waals surface area contributed by atoms with E-state index in [1.54, 1.807) is 23.7 Å². The lowest BCUT2D eigenvalue weighted by Gasteiger charge is -2.19. The highest BCUT2D eigenvalue weighted by atomic mass is 35.5. The van der Waals surface area contributed by atoms with Crippen LogP contribution in [0.5, 0.6) is 0 Å². The van der Waals surface area contributed by atoms with Crippen molar-refractivity contribution in [2.45, 2.75) is 12.8 Å². The third kappa shape index (κ3) is 3.66. The SMILES string of the molecule is CN(CCCc1c2c(=O)n(-c3ccccc3Cl)[nH]c2cc(=O)n1C)c1ccccc1. The molecule has 0 fully saturated rings. The molecule has 2 aromatic carbocycles. The number of pyridine rings is 1. The fourth-order valence-electron chi connectivity index (χ4n) is 3.75. The summed E-state index contributed by atoms with van der Waals surface area (Å²) in [6.07, 6.45) is 1.41. The summed E-state index contributed by atoms with van der Waals surface area (Å²) in [5.74, 6) is 0. The van der Waals surface area contributed by atoms with Gasteiger partial charge in [-0.3, -0.25) is 14.7 Å². The van der Waals surface area contributed by atoms with Gasteiger partial charge in [0.2, 0.25) is 0 Å². The van der Waals surface area contributed by atoms with Crippen LogP contribution in [0.25, 0.3) is 16.6 Å². The van der Waals surface area contributed by atoms with E-state index in [4.69, 9.17) is 11.6 Å². The molecule has 0 aliphatic carbocycles. The monoisotopic (exact) mass is 422 g/mol. The first kappa shape index (κ1) is 20.0. The molecule has 2 heterocycles. The number of nitrogens with one attached hydrogen (secondary N) is 1. The number of anilines is 1. The number of aryl methyl sites for hydroxylation is 1. The number of H-pyrrole nitrogens is 1. The molecular formula is C23H23ClN4O2. The third-order valence-corrected chi connectivity index (χ3v) is 5.73. The Balaban J connectivity index is 1.69. The minimum Gasteiger partial charge on any atom is -0.375 e. The van der Waals surface area contributed by atoms with E-state index in [0.29, 0.717) is 28.0 Å². The van der Waals surface area contributed by atoms with Crippen LogP contribution in [-0.4, -0.2) is 27.9 Å². The molecule has 0 spiro atoms. The van der Waals surface area contributed by atoms with Gasteiger partial charge in [0.15, 0.2) is 0 Å². The number of benzene rings is 2. The van der Waals surface area contributed by atoms with Gasteiger partial charge in [-0.2, -0.15) is 0 Å². The number of rotatable bonds is 6. The van der Waals surface area contributed by atoms with Crippen molar-refractivity contribution >= 4 is 28.2 Å². The lowest BCUT2D eigenvalue weighted by Crippen LogP contribution is -2.24. The second-order valence-corrected chi connectivity index (χ2v) is 7.75. The van der Waals surface area contributed by atoms with E-state index in [1.165, 1.54) is 10.7 Å². The Morgan fingerprint density at radius 3 is 2.47 bits per heavy atom. The van der Waals surface area contributed by atoms with Gasteiger partial charge in [0.25, 0.3) is 11.1 Å². The smallest absolute Gasteiger partial charge is 0.280 e. The molecule has 0 saturated carbocycles. The summed E-state index contributed by atoms with van der Waals surface area (Å²) >= 11 is 6.29. The Labute approximate surface area is 178 Å². The molecule has 0 aliphatic heterocycles. The Morgan fingerprint density at radius 1 is 1.03 bits per heavy atom. The van der Waals surface area contributed by atoms with Crippen molar-refractivity contribution in [1.82, 2.24) is 14.3 Å². The van der Waals surface area contributed by atoms with Gasteiger partial charge in [0.1, 0.15) is 0 Å². The number of aromatic nitrogens is 3. The Morgan fingerprint density at radius 2 is 1.73 bits per heavy atom. The maximum absolute atomic E-state index is 13.2. The summed E-state index contributed by atoms with van der Waals surface area (Å²) in [5, 5.41) is 4.04. The maximum atomic E-state index is 13.2. The van der Waals surface area contributed by atoms with Crippen molar-refractivity contribution < 1.29 is 0 Å². The summed E-state index contributed by atoms with van der Waals surface area (Å²) in [6.45, 7) is 0.803. The molecule has 0 atom stereocenters. The summed E-state index contributed by atoms with van der Waals surface area (Å²) < 4.78 is 2.98. The molecular weight excluding hydrogens is 400 g/mol. The van der Waals surface area contributed by atoms with Crippen LogP contribution in [-0.2, 0) is 13.5 Å². The maximum Gasteiger partial charge on any atom is 0.280 e. The van der Waals surface area contributed by atoms with Crippen LogP contribution in [0, 0.1) is 0 Å². The van der Waals surface area contributed by atoms with Crippen molar-refractivity contribution in [2.75, 3.05) is 18.5 Å². The molecule has 4 rings (SSSR count). The second-order valence-electron chi connectivity index (χ2n) is 7.34. The van der Waals surface area contributed by atoms with Crippen molar-refractivity contribution in [2.24, 2.45) is 7.05 Å². The standard InChI is InChI=1S/C23H23ClN4O2/c1-26(16-9-4-3-5-10-16)14-8-13-20-22-18(15-21(29)27(20)2)25-28(23(22)30)19-12-7-6-11-17(19)24/h3-7,9-12,15,25H,8,13-14H2,1-2H3. The number of halogens is 1. The highest BCUT2D eigenvalue weighted by Gasteiger charge is 2.17. The first-order valence-electron chi connectivity index (χ1n) is 9.82. The number of para-hydroxylation sites is 2. The van der Waals surface area contributed by atoms with E-state index in [-0.39, 0.29) is 11.1 Å². The Bertz CT molecular complexity index is 1300. The van der Waals surface area contributed by atoms with Crippen molar-refractivity contribution in [3.05, 3.63) is 92.1 Å². The summed E-state index contributed by atoms with van der Waals surface area (Å²) in [7, 11) is 3.75. The summed E-state index contributed by atoms with van der Waals surface area (Å²) in [4.78, 5) is 27.9. The number of fused-ring (bicyclic) bond motifs is 1. The molecule has 0 radical (unpaired) electrons. The third-order valence-electron chi connectivity index (χ3n) is 5.41. The zero-order chi connectivity index (χ0) is 21.3. The zero-order valence-corrected chi connectivity index (χ0v) is 17.7. The Kier molecular flexibility index (Phi) is 5.50. The van der Waals surface area contributed by atoms with Gasteiger partial charge in [0, 0.05) is 38.1 Å². The van der Waals surface area contributed by atoms with E-state index in [2.05, 4.69) is 22.1 Å². The molecule has 1 N–H and O–H groups in total. The molecule has 0 saturated heterocycles. The molecule has 0 unspecified atom stereocenters. The van der Waals surface area contributed by atoms with E-state index in [0.717, 1.165) is 24.3 Å². The van der Waals surface area contributed by atoms with Crippen molar-refractivity contribution in [3.8, 4) is 5.69 Å². The van der Waals surface area contributed by atoms with Gasteiger partial charge in [-0.05, 0) is 37.1 Å². The van der Waals surface area contributed by atoms with E-state index in [1.807, 2.05) is 37.4 Å². The van der Waals surface area contributed by atoms with E-state index >= 15 is 0 Å². The second kappa shape index (κ2) is 8.24. The lowest BCUT2D eigenvalue weighted by molar-refractivity contribution is 0.718. The normalized spacial score (nSPS) is 11.2. The fraction of sp³-hybridized carbons (Fsp3) is 0.217. The van der Waals surface area contributed by atoms with Gasteiger partial charge < -0.3 is 9.47 Å². The van der Waals surface area contributed by atoms with Gasteiger partial charge in [-0.1, -0.05) is 41.9 Å². The van der Waals surface area contributed by atoms with Crippen LogP contribution < -0.4 is 16.0 Å². The van der Waals surface area contributed by atoms with E-state index in [9.17, 15) is 9.59 Å². The molecule has 30 heavy (non-hydrogen) atoms. The van der Waals surface area contributed by atoms with Gasteiger partial charge >= 0.3 is 0 Å². The molecule has 7 heteroatoms. The number of hydrogen-bond acceptors (Lipinski definition) is 3. The first-order chi connectivity index (χ1) is 14.5. The van der Waals surface area contributed by atoms with Crippen molar-refractivity contribution in [1.29, 1.82) is 0 Å². The predicted molar refractivity (Wildman–Crippen MR) is 122 cm³/mol. The largest absolute Gasteiger partial charge is 0.375 e. The molecule has 0 bridgehead atoms. The van der Waals surface area contributed by atoms with Crippen LogP contribution in [0.2, 0.25) is 5.02 Å². The summed E-state index contributed by atoms with van der Waals surface area (Å²) in [6, 6.07) is 18.7. The highest BCUT2D eigenvalue weighted by molar-refractivity contribution is 6.32. The summed E-state index contributed by atoms with van der Waals surface area (Å²) in [5.41, 5.74) is 2.58. The highest BCUT2D eigenvalue weighted by Crippen LogP contribution is 2.21. The molecule has 4 aromatic rings.